The van der Waals surface area contributed by atoms with Gasteiger partial charge in [0.2, 0.25) is 0 Å². The number of hydrogen-bond donors (Lipinski definition) is 2. The number of rotatable bonds is 4. The van der Waals surface area contributed by atoms with Crippen LogP contribution in [0.2, 0.25) is 0 Å². The number of benzene rings is 2. The Morgan fingerprint density at radius 1 is 1.25 bits per heavy atom. The Labute approximate surface area is 117 Å². The third kappa shape index (κ3) is 2.88. The van der Waals surface area contributed by atoms with Crippen LogP contribution >= 0.6 is 0 Å². The Hall–Kier alpha value is -2.56. The van der Waals surface area contributed by atoms with Gasteiger partial charge >= 0.3 is 0 Å². The molecule has 0 atom stereocenters. The zero-order chi connectivity index (χ0) is 14.7. The first-order chi connectivity index (χ1) is 9.49. The first-order valence-corrected chi connectivity index (χ1v) is 6.25. The fourth-order valence-electron chi connectivity index (χ4n) is 2.00. The van der Waals surface area contributed by atoms with Gasteiger partial charge in [-0.1, -0.05) is 24.3 Å². The highest BCUT2D eigenvalue weighted by atomic mass is 16.6. The molecule has 0 spiro atoms. The maximum atomic E-state index is 11.0. The Balaban J connectivity index is 2.24. The molecule has 0 aliphatic heterocycles. The van der Waals surface area contributed by atoms with Gasteiger partial charge in [-0.2, -0.15) is 0 Å². The third-order valence-electron chi connectivity index (χ3n) is 3.14. The van der Waals surface area contributed by atoms with Crippen molar-refractivity contribution in [3.8, 4) is 5.75 Å². The summed E-state index contributed by atoms with van der Waals surface area (Å²) in [7, 11) is 0. The smallest absolute Gasteiger partial charge is 0.292 e. The highest BCUT2D eigenvalue weighted by Crippen LogP contribution is 2.27. The van der Waals surface area contributed by atoms with Crippen LogP contribution < -0.4 is 5.32 Å². The predicted octanol–water partition coefficient (Wildman–Crippen LogP) is 3.53. The van der Waals surface area contributed by atoms with Crippen LogP contribution in [0, 0.1) is 24.0 Å². The summed E-state index contributed by atoms with van der Waals surface area (Å²) in [6.07, 6.45) is 0. The topological polar surface area (TPSA) is 75.4 Å². The van der Waals surface area contributed by atoms with Gasteiger partial charge in [0.25, 0.3) is 5.69 Å². The summed E-state index contributed by atoms with van der Waals surface area (Å²) < 4.78 is 0. The third-order valence-corrected chi connectivity index (χ3v) is 3.14. The molecule has 0 saturated heterocycles. The van der Waals surface area contributed by atoms with E-state index in [-0.39, 0.29) is 11.4 Å². The highest BCUT2D eigenvalue weighted by Gasteiger charge is 2.13. The SMILES string of the molecule is Cc1ccc([N+](=O)[O-])c(NCc2cccc(C)c2O)c1. The van der Waals surface area contributed by atoms with Crippen LogP contribution in [0.4, 0.5) is 11.4 Å². The number of hydrogen-bond acceptors (Lipinski definition) is 4. The summed E-state index contributed by atoms with van der Waals surface area (Å²) in [5.41, 5.74) is 2.91. The van der Waals surface area contributed by atoms with Gasteiger partial charge in [0.15, 0.2) is 0 Å². The number of aromatic hydroxyl groups is 1. The monoisotopic (exact) mass is 272 g/mol. The molecule has 0 fully saturated rings. The molecule has 0 radical (unpaired) electrons. The highest BCUT2D eigenvalue weighted by molar-refractivity contribution is 5.63. The lowest BCUT2D eigenvalue weighted by Gasteiger charge is -2.10. The molecule has 0 aromatic heterocycles. The van der Waals surface area contributed by atoms with Crippen LogP contribution in [-0.4, -0.2) is 10.0 Å². The Bertz CT molecular complexity index is 654. The molecule has 5 nitrogen and oxygen atoms in total. The van der Waals surface area contributed by atoms with Crippen molar-refractivity contribution in [1.82, 2.24) is 0 Å². The van der Waals surface area contributed by atoms with Crippen molar-refractivity contribution in [3.05, 3.63) is 63.2 Å². The largest absolute Gasteiger partial charge is 0.507 e. The number of phenols is 1. The molecule has 0 aliphatic rings. The van der Waals surface area contributed by atoms with E-state index < -0.39 is 4.92 Å². The quantitative estimate of drug-likeness (QED) is 0.659. The van der Waals surface area contributed by atoms with E-state index in [0.717, 1.165) is 11.1 Å². The Morgan fingerprint density at radius 3 is 2.70 bits per heavy atom. The second kappa shape index (κ2) is 5.61. The van der Waals surface area contributed by atoms with Crippen molar-refractivity contribution in [2.45, 2.75) is 20.4 Å². The molecule has 2 aromatic carbocycles. The van der Waals surface area contributed by atoms with Crippen molar-refractivity contribution in [2.24, 2.45) is 0 Å². The second-order valence-corrected chi connectivity index (χ2v) is 4.71. The first-order valence-electron chi connectivity index (χ1n) is 6.25. The molecule has 0 unspecified atom stereocenters. The molecule has 20 heavy (non-hydrogen) atoms. The van der Waals surface area contributed by atoms with E-state index in [9.17, 15) is 15.2 Å². The lowest BCUT2D eigenvalue weighted by molar-refractivity contribution is -0.384. The molecule has 2 aromatic rings. The van der Waals surface area contributed by atoms with E-state index in [1.165, 1.54) is 6.07 Å². The molecule has 0 heterocycles. The Morgan fingerprint density at radius 2 is 2.00 bits per heavy atom. The zero-order valence-electron chi connectivity index (χ0n) is 11.4. The van der Waals surface area contributed by atoms with E-state index in [1.54, 1.807) is 18.2 Å². The minimum absolute atomic E-state index is 0.0303. The second-order valence-electron chi connectivity index (χ2n) is 4.71. The van der Waals surface area contributed by atoms with Gasteiger partial charge in [0, 0.05) is 18.2 Å². The minimum Gasteiger partial charge on any atom is -0.507 e. The summed E-state index contributed by atoms with van der Waals surface area (Å²) in [5.74, 6) is 0.218. The van der Waals surface area contributed by atoms with Crippen molar-refractivity contribution in [3.63, 3.8) is 0 Å². The van der Waals surface area contributed by atoms with Gasteiger partial charge in [-0.05, 0) is 31.0 Å². The zero-order valence-corrected chi connectivity index (χ0v) is 11.4. The van der Waals surface area contributed by atoms with Gasteiger partial charge < -0.3 is 10.4 Å². The maximum Gasteiger partial charge on any atom is 0.292 e. The van der Waals surface area contributed by atoms with E-state index in [1.807, 2.05) is 26.0 Å². The lowest BCUT2D eigenvalue weighted by Crippen LogP contribution is -2.03. The molecule has 0 saturated carbocycles. The van der Waals surface area contributed by atoms with Crippen LogP contribution in [0.3, 0.4) is 0 Å². The molecule has 2 N–H and O–H groups in total. The summed E-state index contributed by atoms with van der Waals surface area (Å²) in [4.78, 5) is 10.6. The summed E-state index contributed by atoms with van der Waals surface area (Å²) >= 11 is 0. The molecular formula is C15H16N2O3. The van der Waals surface area contributed by atoms with E-state index in [2.05, 4.69) is 5.32 Å². The van der Waals surface area contributed by atoms with Crippen LogP contribution in [0.25, 0.3) is 0 Å². The van der Waals surface area contributed by atoms with Crippen LogP contribution in [0.15, 0.2) is 36.4 Å². The number of nitro benzene ring substituents is 1. The van der Waals surface area contributed by atoms with Gasteiger partial charge in [-0.25, -0.2) is 0 Å². The van der Waals surface area contributed by atoms with Crippen LogP contribution in [0.1, 0.15) is 16.7 Å². The normalized spacial score (nSPS) is 10.3. The molecule has 0 amide bonds. The number of anilines is 1. The number of nitrogens with zero attached hydrogens (tertiary/aromatic N) is 1. The summed E-state index contributed by atoms with van der Waals surface area (Å²) in [6.45, 7) is 4.02. The van der Waals surface area contributed by atoms with Crippen molar-refractivity contribution < 1.29 is 10.0 Å². The summed E-state index contributed by atoms with van der Waals surface area (Å²) in [5, 5.41) is 23.9. The predicted molar refractivity (Wildman–Crippen MR) is 78.0 cm³/mol. The molecule has 2 rings (SSSR count). The first kappa shape index (κ1) is 13.9. The van der Waals surface area contributed by atoms with Crippen LogP contribution in [-0.2, 0) is 6.54 Å². The van der Waals surface area contributed by atoms with E-state index >= 15 is 0 Å². The maximum absolute atomic E-state index is 11.0. The van der Waals surface area contributed by atoms with E-state index in [0.29, 0.717) is 17.8 Å². The molecule has 104 valence electrons. The molecular weight excluding hydrogens is 256 g/mol. The fourth-order valence-corrected chi connectivity index (χ4v) is 2.00. The van der Waals surface area contributed by atoms with Crippen molar-refractivity contribution in [2.75, 3.05) is 5.32 Å². The van der Waals surface area contributed by atoms with Gasteiger partial charge in [-0.15, -0.1) is 0 Å². The van der Waals surface area contributed by atoms with Crippen molar-refractivity contribution in [1.29, 1.82) is 0 Å². The molecule has 0 aliphatic carbocycles. The number of nitro groups is 1. The van der Waals surface area contributed by atoms with E-state index in [4.69, 9.17) is 0 Å². The number of phenolic OH excluding ortho intramolecular Hbond substituents is 1. The fraction of sp³-hybridized carbons (Fsp3) is 0.200. The van der Waals surface area contributed by atoms with Crippen molar-refractivity contribution >= 4 is 11.4 Å². The van der Waals surface area contributed by atoms with Gasteiger partial charge in [0.05, 0.1) is 4.92 Å². The van der Waals surface area contributed by atoms with Gasteiger partial charge in [0.1, 0.15) is 11.4 Å². The lowest BCUT2D eigenvalue weighted by atomic mass is 10.1. The standard InChI is InChI=1S/C15H16N2O3/c1-10-6-7-14(17(19)20)13(8-10)16-9-12-5-3-4-11(2)15(12)18/h3-8,16,18H,9H2,1-2H3. The number of nitrogens with one attached hydrogen (secondary N) is 1. The average molecular weight is 272 g/mol. The average Bonchev–Trinajstić information content (AvgIpc) is 2.40. The van der Waals surface area contributed by atoms with Gasteiger partial charge in [-0.3, -0.25) is 10.1 Å². The summed E-state index contributed by atoms with van der Waals surface area (Å²) in [6, 6.07) is 10.4. The molecule has 0 bridgehead atoms. The number of aryl methyl sites for hydroxylation is 2. The number of para-hydroxylation sites is 1. The Kier molecular flexibility index (Phi) is 3.89. The van der Waals surface area contributed by atoms with Crippen LogP contribution in [0.5, 0.6) is 5.75 Å². The minimum atomic E-state index is -0.419. The molecule has 5 heteroatoms.